The Morgan fingerprint density at radius 3 is 1.84 bits per heavy atom. The number of nitrogens with one attached hydrogen (secondary N) is 2. The number of esters is 1. The number of allylic oxidation sites excluding steroid dienone is 10. The number of ether oxygens (including phenoxy) is 1. The van der Waals surface area contributed by atoms with Crippen LogP contribution in [0.2, 0.25) is 0 Å². The lowest BCUT2D eigenvalue weighted by Gasteiger charge is -2.17. The fourth-order valence-electron chi connectivity index (χ4n) is 4.09. The van der Waals surface area contributed by atoms with Gasteiger partial charge in [-0.2, -0.15) is 0 Å². The Morgan fingerprint density at radius 1 is 0.705 bits per heavy atom. The number of hydrogen-bond acceptors (Lipinski definition) is 6. The third-order valence-electron chi connectivity index (χ3n) is 6.51. The van der Waals surface area contributed by atoms with Gasteiger partial charge in [0.15, 0.2) is 0 Å². The normalized spacial score (nSPS) is 13.3. The number of unbranched alkanes of at least 4 members (excludes halogenated alkanes) is 3. The Hall–Kier alpha value is -3.46. The third kappa shape index (κ3) is 26.2. The lowest BCUT2D eigenvalue weighted by atomic mass is 10.1. The summed E-state index contributed by atoms with van der Waals surface area (Å²) < 4.78 is 5.70. The van der Waals surface area contributed by atoms with E-state index in [0.29, 0.717) is 12.8 Å². The number of carbonyl (C=O) groups is 4. The molecule has 44 heavy (non-hydrogen) atoms. The Morgan fingerprint density at radius 2 is 1.30 bits per heavy atom. The number of rotatable bonds is 27. The van der Waals surface area contributed by atoms with E-state index < -0.39 is 24.5 Å². The summed E-state index contributed by atoms with van der Waals surface area (Å²) in [4.78, 5) is 46.8. The number of aliphatic hydroxyl groups excluding tert-OH is 1. The molecule has 0 aromatic carbocycles. The second kappa shape index (κ2) is 29.6. The van der Waals surface area contributed by atoms with Crippen LogP contribution in [0.3, 0.4) is 0 Å². The maximum atomic E-state index is 12.3. The number of carboxylic acid groups (broad SMARTS) is 1. The molecule has 0 rings (SSSR count). The van der Waals surface area contributed by atoms with Gasteiger partial charge in [0.05, 0.1) is 13.2 Å². The first-order valence-electron chi connectivity index (χ1n) is 16.2. The highest BCUT2D eigenvalue weighted by molar-refractivity contribution is 5.87. The lowest BCUT2D eigenvalue weighted by molar-refractivity contribution is -0.150. The predicted molar refractivity (Wildman–Crippen MR) is 176 cm³/mol. The number of carbonyl (C=O) groups excluding carboxylic acids is 3. The molecule has 0 heterocycles. The van der Waals surface area contributed by atoms with Gasteiger partial charge in [-0.1, -0.05) is 87.4 Å². The van der Waals surface area contributed by atoms with E-state index in [1.807, 2.05) is 0 Å². The van der Waals surface area contributed by atoms with Crippen LogP contribution in [0.1, 0.15) is 110 Å². The van der Waals surface area contributed by atoms with Crippen molar-refractivity contribution < 1.29 is 34.1 Å². The second-order valence-corrected chi connectivity index (χ2v) is 10.5. The molecule has 0 spiro atoms. The molecule has 0 aliphatic carbocycles. The Kier molecular flexibility index (Phi) is 27.3. The Bertz CT molecular complexity index is 937. The van der Waals surface area contributed by atoms with E-state index >= 15 is 0 Å². The largest absolute Gasteiger partial charge is 0.480 e. The van der Waals surface area contributed by atoms with Crippen molar-refractivity contribution in [3.05, 3.63) is 60.8 Å². The maximum absolute atomic E-state index is 12.3. The topological polar surface area (TPSA) is 142 Å². The third-order valence-corrected chi connectivity index (χ3v) is 6.51. The van der Waals surface area contributed by atoms with Crippen molar-refractivity contribution in [3.63, 3.8) is 0 Å². The van der Waals surface area contributed by atoms with Crippen LogP contribution in [0.25, 0.3) is 0 Å². The van der Waals surface area contributed by atoms with E-state index in [4.69, 9.17) is 14.9 Å². The lowest BCUT2D eigenvalue weighted by Crippen LogP contribution is -2.47. The van der Waals surface area contributed by atoms with E-state index in [9.17, 15) is 19.2 Å². The van der Waals surface area contributed by atoms with E-state index in [1.54, 1.807) is 0 Å². The van der Waals surface area contributed by atoms with E-state index in [0.717, 1.165) is 77.0 Å². The monoisotopic (exact) mass is 616 g/mol. The predicted octanol–water partition coefficient (Wildman–Crippen LogP) is 6.25. The molecule has 0 bridgehead atoms. The van der Waals surface area contributed by atoms with Gasteiger partial charge in [0.2, 0.25) is 11.8 Å². The highest BCUT2D eigenvalue weighted by Gasteiger charge is 2.19. The van der Waals surface area contributed by atoms with Gasteiger partial charge in [0.1, 0.15) is 12.1 Å². The van der Waals surface area contributed by atoms with E-state index in [-0.39, 0.29) is 30.9 Å². The molecule has 0 aromatic heterocycles. The number of amides is 2. The summed E-state index contributed by atoms with van der Waals surface area (Å²) >= 11 is 0. The summed E-state index contributed by atoms with van der Waals surface area (Å²) in [5.74, 6) is -2.50. The molecule has 0 radical (unpaired) electrons. The molecular formula is C35H56N2O7. The van der Waals surface area contributed by atoms with E-state index in [2.05, 4.69) is 85.2 Å². The van der Waals surface area contributed by atoms with Gasteiger partial charge in [-0.15, -0.1) is 0 Å². The van der Waals surface area contributed by atoms with E-state index in [1.165, 1.54) is 0 Å². The molecule has 9 heteroatoms. The fraction of sp³-hybridized carbons (Fsp3) is 0.600. The maximum Gasteiger partial charge on any atom is 0.328 e. The summed E-state index contributed by atoms with van der Waals surface area (Å²) in [6.45, 7) is 3.12. The van der Waals surface area contributed by atoms with Crippen molar-refractivity contribution in [2.45, 2.75) is 122 Å². The zero-order chi connectivity index (χ0) is 32.7. The van der Waals surface area contributed by atoms with Gasteiger partial charge in [-0.25, -0.2) is 4.79 Å². The van der Waals surface area contributed by atoms with Crippen molar-refractivity contribution in [1.29, 1.82) is 0 Å². The minimum atomic E-state index is -1.39. The standard InChI is InChI=1S/C35H56N2O7/c1-3-5-6-7-8-9-10-11-12-13-14-15-16-17-18-19-23-27-34(41)44-30(24-4-2)25-21-20-22-26-32(39)36-28-33(40)37-31(29-38)35(42)43/h5-6,8-9,11-12,14-15,17-18,30-31,38H,3-4,7,10,13,16,19-29H2,1-2H3,(H,36,39)(H,37,40)(H,42,43)/b6-5-,9-8-,12-11-,15-14-,18-17-. The molecule has 2 amide bonds. The van der Waals surface area contributed by atoms with Gasteiger partial charge in [-0.05, 0) is 70.6 Å². The van der Waals surface area contributed by atoms with Crippen molar-refractivity contribution in [2.24, 2.45) is 0 Å². The van der Waals surface area contributed by atoms with Gasteiger partial charge in [0, 0.05) is 12.8 Å². The molecule has 0 aliphatic heterocycles. The summed E-state index contributed by atoms with van der Waals surface area (Å²) in [5, 5.41) is 22.3. The van der Waals surface area contributed by atoms with Crippen LogP contribution in [0.4, 0.5) is 0 Å². The van der Waals surface area contributed by atoms with Crippen LogP contribution in [0.5, 0.6) is 0 Å². The van der Waals surface area contributed by atoms with Gasteiger partial charge in [0.25, 0.3) is 0 Å². The molecular weight excluding hydrogens is 560 g/mol. The van der Waals surface area contributed by atoms with Crippen LogP contribution < -0.4 is 10.6 Å². The van der Waals surface area contributed by atoms with Gasteiger partial charge < -0.3 is 25.6 Å². The molecule has 9 nitrogen and oxygen atoms in total. The molecule has 0 saturated heterocycles. The second-order valence-electron chi connectivity index (χ2n) is 10.5. The van der Waals surface area contributed by atoms with Crippen LogP contribution >= 0.6 is 0 Å². The zero-order valence-electron chi connectivity index (χ0n) is 26.9. The summed E-state index contributed by atoms with van der Waals surface area (Å²) in [7, 11) is 0. The molecule has 248 valence electrons. The minimum Gasteiger partial charge on any atom is -0.480 e. The van der Waals surface area contributed by atoms with Gasteiger partial charge in [-0.3, -0.25) is 14.4 Å². The van der Waals surface area contributed by atoms with Crippen molar-refractivity contribution >= 4 is 23.8 Å². The van der Waals surface area contributed by atoms with Crippen molar-refractivity contribution in [1.82, 2.24) is 10.6 Å². The molecule has 2 atom stereocenters. The molecule has 0 fully saturated rings. The smallest absolute Gasteiger partial charge is 0.328 e. The van der Waals surface area contributed by atoms with Crippen LogP contribution in [0, 0.1) is 0 Å². The first-order chi connectivity index (χ1) is 21.3. The van der Waals surface area contributed by atoms with Crippen molar-refractivity contribution in [3.8, 4) is 0 Å². The molecule has 0 saturated carbocycles. The number of aliphatic hydroxyl groups is 1. The number of aliphatic carboxylic acids is 1. The Balaban J connectivity index is 3.97. The quantitative estimate of drug-likeness (QED) is 0.0486. The molecule has 0 aromatic rings. The average molecular weight is 617 g/mol. The summed E-state index contributed by atoms with van der Waals surface area (Å²) in [5.41, 5.74) is 0. The molecule has 4 N–H and O–H groups in total. The minimum absolute atomic E-state index is 0.118. The fourth-order valence-corrected chi connectivity index (χ4v) is 4.09. The molecule has 0 aliphatic rings. The average Bonchev–Trinajstić information content (AvgIpc) is 3.00. The van der Waals surface area contributed by atoms with Gasteiger partial charge >= 0.3 is 11.9 Å². The van der Waals surface area contributed by atoms with Crippen LogP contribution in [0.15, 0.2) is 60.8 Å². The number of hydrogen-bond donors (Lipinski definition) is 4. The highest BCUT2D eigenvalue weighted by Crippen LogP contribution is 2.15. The van der Waals surface area contributed by atoms with Crippen molar-refractivity contribution in [2.75, 3.05) is 13.2 Å². The van der Waals surface area contributed by atoms with Crippen LogP contribution in [-0.2, 0) is 23.9 Å². The first-order valence-corrected chi connectivity index (χ1v) is 16.2. The zero-order valence-corrected chi connectivity index (χ0v) is 26.9. The molecule has 2 unspecified atom stereocenters. The highest BCUT2D eigenvalue weighted by atomic mass is 16.5. The first kappa shape index (κ1) is 40.5. The summed E-state index contributed by atoms with van der Waals surface area (Å²) in [6, 6.07) is -1.39. The van der Waals surface area contributed by atoms with Crippen LogP contribution in [-0.4, -0.2) is 59.3 Å². The number of carboxylic acids is 1. The Labute approximate surface area is 264 Å². The summed E-state index contributed by atoms with van der Waals surface area (Å²) in [6.07, 6.45) is 33.3. The SMILES string of the molecule is CC/C=C\C/C=C\C/C=C\C/C=C\C/C=C\CCCC(=O)OC(CCC)CCCCCC(=O)NCC(=O)NC(CO)C(=O)O.